The standard InChI is InChI=1S/2C19H13.C7H8Si.2C4H9.Zr/c2*1-2-10-16-14(6-1)8-4-12-18(16)19-13-5-9-15-7-3-11-17(15)19;1-8-7-5-3-2-4-6-7;2*1-3-4-2;/h2*1-13H;2-6H,1H3;2*1,3-4H2,2H3;/q2*-1;;2*-1;+4. The van der Waals surface area contributed by atoms with Crippen molar-refractivity contribution in [1.29, 1.82) is 0 Å². The summed E-state index contributed by atoms with van der Waals surface area (Å²) >= 11 is 0. The Kier molecular flexibility index (Phi) is 18.3. The molecule has 272 valence electrons. The van der Waals surface area contributed by atoms with Crippen molar-refractivity contribution in [2.24, 2.45) is 0 Å². The minimum Gasteiger partial charge on any atom is -0.343 e. The van der Waals surface area contributed by atoms with E-state index in [9.17, 15) is 0 Å². The van der Waals surface area contributed by atoms with Crippen LogP contribution in [0.1, 0.15) is 39.5 Å². The second-order valence-corrected chi connectivity index (χ2v) is 14.1. The average Bonchev–Trinajstić information content (AvgIpc) is 3.95. The summed E-state index contributed by atoms with van der Waals surface area (Å²) in [5, 5.41) is 11.9. The molecule has 55 heavy (non-hydrogen) atoms. The van der Waals surface area contributed by atoms with Gasteiger partial charge in [-0.05, 0) is 32.7 Å². The van der Waals surface area contributed by atoms with E-state index in [2.05, 4.69) is 216 Å². The van der Waals surface area contributed by atoms with E-state index in [1.165, 1.54) is 83.4 Å². The van der Waals surface area contributed by atoms with Crippen molar-refractivity contribution in [3.05, 3.63) is 202 Å². The maximum Gasteiger partial charge on any atom is 4.00 e. The topological polar surface area (TPSA) is 0 Å². The van der Waals surface area contributed by atoms with Gasteiger partial charge >= 0.3 is 26.2 Å². The summed E-state index contributed by atoms with van der Waals surface area (Å²) in [6.07, 6.45) is 4.56. The molecule has 9 aromatic carbocycles. The zero-order chi connectivity index (χ0) is 38.0. The van der Waals surface area contributed by atoms with Crippen LogP contribution in [0, 0.1) is 13.8 Å². The Morgan fingerprint density at radius 2 is 0.764 bits per heavy atom. The van der Waals surface area contributed by atoms with Crippen molar-refractivity contribution in [3.8, 4) is 22.3 Å². The fourth-order valence-electron chi connectivity index (χ4n) is 6.32. The molecule has 0 N–H and O–H groups in total. The molecule has 0 bridgehead atoms. The Morgan fingerprint density at radius 1 is 0.418 bits per heavy atom. The van der Waals surface area contributed by atoms with Gasteiger partial charge in [0.05, 0.1) is 9.52 Å². The monoisotopic (exact) mass is 806 g/mol. The third-order valence-electron chi connectivity index (χ3n) is 9.29. The van der Waals surface area contributed by atoms with Crippen molar-refractivity contribution in [1.82, 2.24) is 0 Å². The number of hydrogen-bond acceptors (Lipinski definition) is 0. The molecular weight excluding hydrogens is 756 g/mol. The van der Waals surface area contributed by atoms with Crippen LogP contribution in [0.2, 0.25) is 6.55 Å². The van der Waals surface area contributed by atoms with Gasteiger partial charge in [0, 0.05) is 0 Å². The zero-order valence-electron chi connectivity index (χ0n) is 32.6. The van der Waals surface area contributed by atoms with E-state index in [1.807, 2.05) is 6.07 Å². The van der Waals surface area contributed by atoms with Crippen LogP contribution in [0.3, 0.4) is 0 Å². The number of unbranched alkanes of at least 4 members (excludes halogenated alkanes) is 2. The summed E-state index contributed by atoms with van der Waals surface area (Å²) in [6.45, 7) is 13.6. The van der Waals surface area contributed by atoms with E-state index in [0.29, 0.717) is 0 Å². The molecular formula is C53H52SiZr. The Labute approximate surface area is 351 Å². The molecule has 0 saturated heterocycles. The molecule has 0 amide bonds. The van der Waals surface area contributed by atoms with Gasteiger partial charge < -0.3 is 13.8 Å². The van der Waals surface area contributed by atoms with E-state index in [1.54, 1.807) is 0 Å². The van der Waals surface area contributed by atoms with Crippen molar-refractivity contribution in [3.63, 3.8) is 0 Å². The number of rotatable bonds is 5. The van der Waals surface area contributed by atoms with Gasteiger partial charge in [0.1, 0.15) is 0 Å². The minimum atomic E-state index is 0. The van der Waals surface area contributed by atoms with Crippen LogP contribution in [-0.4, -0.2) is 9.52 Å². The fourth-order valence-corrected chi connectivity index (χ4v) is 6.85. The van der Waals surface area contributed by atoms with Crippen LogP contribution < -0.4 is 5.19 Å². The number of hydrogen-bond donors (Lipinski definition) is 0. The van der Waals surface area contributed by atoms with Crippen LogP contribution in [0.5, 0.6) is 0 Å². The molecule has 0 unspecified atom stereocenters. The largest absolute Gasteiger partial charge is 4.00 e. The maximum atomic E-state index is 3.60. The van der Waals surface area contributed by atoms with Gasteiger partial charge in [-0.25, -0.2) is 0 Å². The summed E-state index contributed by atoms with van der Waals surface area (Å²) in [5.74, 6) is 0. The van der Waals surface area contributed by atoms with Crippen LogP contribution in [0.4, 0.5) is 0 Å². The van der Waals surface area contributed by atoms with Gasteiger partial charge in [-0.1, -0.05) is 177 Å². The van der Waals surface area contributed by atoms with E-state index < -0.39 is 0 Å². The van der Waals surface area contributed by atoms with Crippen molar-refractivity contribution >= 4 is 57.8 Å². The molecule has 0 nitrogen and oxygen atoms in total. The van der Waals surface area contributed by atoms with E-state index in [0.717, 1.165) is 22.4 Å². The Hall–Kier alpha value is -4.62. The maximum absolute atomic E-state index is 3.60. The SMILES string of the molecule is C[Si]c1ccccc1.[CH2-]CCC.[CH2-]CCC.[Zr+4].c1ccc2c(-c3cccc4[cH-]ccc34)cccc2c1.c1ccc2c(-c3cccc4[cH-]ccc34)cccc2c1. The van der Waals surface area contributed by atoms with Crippen molar-refractivity contribution in [2.75, 3.05) is 0 Å². The van der Waals surface area contributed by atoms with Gasteiger partial charge in [-0.2, -0.15) is 37.1 Å². The van der Waals surface area contributed by atoms with Crippen molar-refractivity contribution in [2.45, 2.75) is 46.1 Å². The predicted octanol–water partition coefficient (Wildman–Crippen LogP) is 15.1. The first-order chi connectivity index (χ1) is 26.6. The van der Waals surface area contributed by atoms with Crippen molar-refractivity contribution < 1.29 is 26.2 Å². The molecule has 2 radical (unpaired) electrons. The summed E-state index contributed by atoms with van der Waals surface area (Å²) in [7, 11) is 0.930. The van der Waals surface area contributed by atoms with Crippen LogP contribution in [-0.2, 0) is 26.2 Å². The van der Waals surface area contributed by atoms with Crippen LogP contribution >= 0.6 is 0 Å². The van der Waals surface area contributed by atoms with Gasteiger partial charge in [0.2, 0.25) is 0 Å². The normalized spacial score (nSPS) is 10.1. The van der Waals surface area contributed by atoms with Gasteiger partial charge in [-0.3, -0.25) is 0 Å². The van der Waals surface area contributed by atoms with Gasteiger partial charge in [0.25, 0.3) is 0 Å². The summed E-state index contributed by atoms with van der Waals surface area (Å²) in [6, 6.07) is 66.7. The quantitative estimate of drug-likeness (QED) is 0.120. The second-order valence-electron chi connectivity index (χ2n) is 13.0. The van der Waals surface area contributed by atoms with Gasteiger partial charge in [0.15, 0.2) is 0 Å². The predicted molar refractivity (Wildman–Crippen MR) is 243 cm³/mol. The first-order valence-electron chi connectivity index (χ1n) is 19.2. The molecule has 0 aromatic heterocycles. The first-order valence-corrected chi connectivity index (χ1v) is 20.7. The summed E-state index contributed by atoms with van der Waals surface area (Å²) in [4.78, 5) is 0. The fraction of sp³-hybridized carbons (Fsp3) is 0.132. The molecule has 0 atom stereocenters. The Balaban J connectivity index is 0.000000175. The summed E-state index contributed by atoms with van der Waals surface area (Å²) in [5.41, 5.74) is 5.27. The molecule has 0 saturated carbocycles. The second kappa shape index (κ2) is 23.3. The molecule has 0 aliphatic rings. The molecule has 0 fully saturated rings. The van der Waals surface area contributed by atoms with Crippen LogP contribution in [0.15, 0.2) is 188 Å². The number of fused-ring (bicyclic) bond motifs is 4. The first kappa shape index (κ1) is 43.1. The summed E-state index contributed by atoms with van der Waals surface area (Å²) < 4.78 is 0. The molecule has 0 spiro atoms. The smallest absolute Gasteiger partial charge is 0.343 e. The molecule has 0 aliphatic heterocycles. The third kappa shape index (κ3) is 11.7. The Bertz CT molecular complexity index is 2260. The van der Waals surface area contributed by atoms with E-state index >= 15 is 0 Å². The Morgan fingerprint density at radius 3 is 1.15 bits per heavy atom. The number of benzene rings is 7. The minimum absolute atomic E-state index is 0. The zero-order valence-corrected chi connectivity index (χ0v) is 36.1. The van der Waals surface area contributed by atoms with E-state index in [-0.39, 0.29) is 26.2 Å². The molecule has 0 aliphatic carbocycles. The van der Waals surface area contributed by atoms with Crippen LogP contribution in [0.25, 0.3) is 65.3 Å². The molecule has 2 heteroatoms. The van der Waals surface area contributed by atoms with E-state index in [4.69, 9.17) is 0 Å². The molecule has 0 heterocycles. The van der Waals surface area contributed by atoms with Gasteiger partial charge in [-0.15, -0.1) is 57.9 Å². The average molecular weight is 808 g/mol. The molecule has 9 rings (SSSR count). The molecule has 9 aromatic rings. The third-order valence-corrected chi connectivity index (χ3v) is 10.2.